The molecule has 32 valence electrons. The molecule has 0 heterocycles. The van der Waals surface area contributed by atoms with Gasteiger partial charge in [-0.15, -0.1) is 0 Å². The Morgan fingerprint density at radius 2 is 1.17 bits per heavy atom. The van der Waals surface area contributed by atoms with Gasteiger partial charge in [-0.1, -0.05) is 0 Å². The standard InChI is InChI=1S/Na.H3O3PSe/c;1-4(2,3)5/h;(H3,1,2,3,5)/q+1;. The minimum atomic E-state index is -3.51. The Hall–Kier alpha value is 1.83. The van der Waals surface area contributed by atoms with Crippen molar-refractivity contribution in [2.75, 3.05) is 0 Å². The van der Waals surface area contributed by atoms with Crippen molar-refractivity contribution in [1.82, 2.24) is 0 Å². The molecular formula is H3NaO3PSe+. The van der Waals surface area contributed by atoms with E-state index in [1.807, 2.05) is 0 Å². The molecule has 0 radical (unpaired) electrons. The molecule has 0 atom stereocenters. The second kappa shape index (κ2) is 3.79. The Kier molecular flexibility index (Phi) is 6.78. The first-order valence-corrected chi connectivity index (χ1v) is 4.65. The van der Waals surface area contributed by atoms with Crippen LogP contribution in [0.5, 0.6) is 0 Å². The Morgan fingerprint density at radius 1 is 1.17 bits per heavy atom. The predicted octanol–water partition coefficient (Wildman–Crippen LogP) is -4.19. The van der Waals surface area contributed by atoms with Crippen LogP contribution in [0.15, 0.2) is 0 Å². The predicted molar refractivity (Wildman–Crippen MR) is 19.3 cm³/mol. The molecule has 0 aromatic carbocycles. The van der Waals surface area contributed by atoms with Crippen LogP contribution < -0.4 is 29.6 Å². The monoisotopic (exact) mass is 185 g/mol. The third-order valence-corrected chi connectivity index (χ3v) is 0. The van der Waals surface area contributed by atoms with Gasteiger partial charge in [0.25, 0.3) is 0 Å². The fraction of sp³-hybridized carbons (Fsp3) is 0. The molecular weight excluding hydrogens is 181 g/mol. The largest absolute Gasteiger partial charge is 1.00 e. The molecule has 3 nitrogen and oxygen atoms in total. The first kappa shape index (κ1) is 10.7. The van der Waals surface area contributed by atoms with E-state index in [-0.39, 0.29) is 29.6 Å². The van der Waals surface area contributed by atoms with Gasteiger partial charge in [0.2, 0.25) is 0 Å². The van der Waals surface area contributed by atoms with Crippen LogP contribution in [-0.4, -0.2) is 29.8 Å². The van der Waals surface area contributed by atoms with E-state index in [0.717, 1.165) is 0 Å². The van der Waals surface area contributed by atoms with Gasteiger partial charge in [0, 0.05) is 0 Å². The summed E-state index contributed by atoms with van der Waals surface area (Å²) < 4.78 is 0. The minimum absolute atomic E-state index is 0. The summed E-state index contributed by atoms with van der Waals surface area (Å²) in [6, 6.07) is 0. The zero-order chi connectivity index (χ0) is 4.50. The molecule has 0 bridgehead atoms. The molecule has 0 aliphatic carbocycles. The van der Waals surface area contributed by atoms with Crippen LogP contribution in [0.25, 0.3) is 0 Å². The van der Waals surface area contributed by atoms with Crippen LogP contribution in [0.1, 0.15) is 0 Å². The van der Waals surface area contributed by atoms with Crippen molar-refractivity contribution in [2.24, 2.45) is 0 Å². The van der Waals surface area contributed by atoms with E-state index in [1.165, 1.54) is 0 Å². The molecule has 0 aliphatic rings. The zero-order valence-corrected chi connectivity index (χ0v) is 7.80. The van der Waals surface area contributed by atoms with Crippen molar-refractivity contribution in [3.05, 3.63) is 0 Å². The van der Waals surface area contributed by atoms with E-state index in [4.69, 9.17) is 14.7 Å². The summed E-state index contributed by atoms with van der Waals surface area (Å²) >= 11 is 1.76. The third kappa shape index (κ3) is 40.6. The Bertz CT molecular complexity index is 56.9. The summed E-state index contributed by atoms with van der Waals surface area (Å²) in [7, 11) is 0. The number of hydrogen-bond acceptors (Lipinski definition) is 3. The van der Waals surface area contributed by atoms with Crippen molar-refractivity contribution in [3.8, 4) is 0 Å². The summed E-state index contributed by atoms with van der Waals surface area (Å²) in [6.45, 7) is 0. The van der Waals surface area contributed by atoms with Crippen molar-refractivity contribution in [1.29, 1.82) is 0 Å². The first-order valence-electron chi connectivity index (χ1n) is 0.783. The number of hydrogen-bond donors (Lipinski definition) is 3. The summed E-state index contributed by atoms with van der Waals surface area (Å²) in [4.78, 5) is 23.1. The molecule has 6 heteroatoms. The van der Waals surface area contributed by atoms with E-state index < -0.39 is 6.19 Å². The average molecular weight is 184 g/mol. The fourth-order valence-electron chi connectivity index (χ4n) is 0. The van der Waals surface area contributed by atoms with Crippen molar-refractivity contribution >= 4 is 21.3 Å². The first-order chi connectivity index (χ1) is 2.00. The molecule has 0 fully saturated rings. The van der Waals surface area contributed by atoms with Crippen molar-refractivity contribution in [3.63, 3.8) is 0 Å². The second-order valence-corrected chi connectivity index (χ2v) is 4.62. The maximum atomic E-state index is 7.69. The number of rotatable bonds is 0. The Labute approximate surface area is 65.1 Å². The summed E-state index contributed by atoms with van der Waals surface area (Å²) in [5.74, 6) is 0. The van der Waals surface area contributed by atoms with Crippen LogP contribution >= 0.6 is 6.19 Å². The molecule has 0 amide bonds. The molecule has 0 aliphatic heterocycles. The van der Waals surface area contributed by atoms with E-state index in [2.05, 4.69) is 0 Å². The van der Waals surface area contributed by atoms with Gasteiger partial charge in [0.1, 0.15) is 0 Å². The molecule has 0 rings (SSSR count). The molecule has 0 aromatic heterocycles. The molecule has 6 heavy (non-hydrogen) atoms. The van der Waals surface area contributed by atoms with Gasteiger partial charge in [-0.25, -0.2) is 0 Å². The van der Waals surface area contributed by atoms with Crippen LogP contribution in [0.2, 0.25) is 0 Å². The van der Waals surface area contributed by atoms with Crippen LogP contribution in [-0.2, 0) is 0 Å². The van der Waals surface area contributed by atoms with Gasteiger partial charge >= 0.3 is 65.5 Å². The molecule has 0 spiro atoms. The zero-order valence-electron chi connectivity index (χ0n) is 3.20. The topological polar surface area (TPSA) is 60.7 Å². The summed E-state index contributed by atoms with van der Waals surface area (Å²) in [5.41, 5.74) is 0. The van der Waals surface area contributed by atoms with Gasteiger partial charge in [0.05, 0.1) is 0 Å². The average Bonchev–Trinajstić information content (AvgIpc) is 0.722. The second-order valence-electron chi connectivity index (χ2n) is 0.513. The Balaban J connectivity index is 0. The molecule has 0 saturated carbocycles. The van der Waals surface area contributed by atoms with Crippen molar-refractivity contribution in [2.45, 2.75) is 0 Å². The molecule has 0 saturated heterocycles. The molecule has 0 aromatic rings. The van der Waals surface area contributed by atoms with Gasteiger partial charge in [0.15, 0.2) is 0 Å². The minimum Gasteiger partial charge on any atom is 1.00 e. The van der Waals surface area contributed by atoms with Gasteiger partial charge < -0.3 is 0 Å². The molecule has 3 N–H and O–H groups in total. The molecule has 0 unspecified atom stereocenters. The van der Waals surface area contributed by atoms with E-state index in [0.29, 0.717) is 0 Å². The van der Waals surface area contributed by atoms with E-state index in [1.54, 1.807) is 15.1 Å². The van der Waals surface area contributed by atoms with Gasteiger partial charge in [-0.05, 0) is 0 Å². The van der Waals surface area contributed by atoms with E-state index >= 15 is 0 Å². The maximum Gasteiger partial charge on any atom is 1.00 e. The van der Waals surface area contributed by atoms with Crippen LogP contribution in [0.4, 0.5) is 0 Å². The van der Waals surface area contributed by atoms with Crippen LogP contribution in [0.3, 0.4) is 0 Å². The fourth-order valence-corrected chi connectivity index (χ4v) is 0. The Morgan fingerprint density at radius 3 is 1.17 bits per heavy atom. The summed E-state index contributed by atoms with van der Waals surface area (Å²) in [5, 5.41) is 0. The van der Waals surface area contributed by atoms with Gasteiger partial charge in [-0.2, -0.15) is 0 Å². The normalized spacial score (nSPS) is 9.83. The third-order valence-electron chi connectivity index (χ3n) is 0. The SMILES string of the molecule is OP(O)(O)=[Se].[Na+]. The van der Waals surface area contributed by atoms with E-state index in [9.17, 15) is 0 Å². The van der Waals surface area contributed by atoms with Crippen LogP contribution in [0, 0.1) is 0 Å². The van der Waals surface area contributed by atoms with Gasteiger partial charge in [-0.3, -0.25) is 0 Å². The summed E-state index contributed by atoms with van der Waals surface area (Å²) in [6.07, 6.45) is -3.51. The van der Waals surface area contributed by atoms with Crippen molar-refractivity contribution < 1.29 is 44.2 Å². The maximum absolute atomic E-state index is 7.69. The smallest absolute Gasteiger partial charge is 1.00 e. The quantitative estimate of drug-likeness (QED) is 0.264.